The van der Waals surface area contributed by atoms with Crippen LogP contribution in [-0.4, -0.2) is 16.1 Å². The summed E-state index contributed by atoms with van der Waals surface area (Å²) in [6.45, 7) is 2.73. The van der Waals surface area contributed by atoms with Gasteiger partial charge in [-0.3, -0.25) is 0 Å². The Kier molecular flexibility index (Phi) is 4.27. The van der Waals surface area contributed by atoms with E-state index < -0.39 is 11.6 Å². The summed E-state index contributed by atoms with van der Waals surface area (Å²) in [6.07, 6.45) is 3.99. The third kappa shape index (κ3) is 3.17. The molecule has 0 amide bonds. The van der Waals surface area contributed by atoms with Crippen LogP contribution in [0.3, 0.4) is 0 Å². The van der Waals surface area contributed by atoms with E-state index >= 15 is 0 Å². The monoisotopic (exact) mass is 265 g/mol. The quantitative estimate of drug-likeness (QED) is 0.900. The van der Waals surface area contributed by atoms with Gasteiger partial charge in [-0.25, -0.2) is 13.8 Å². The van der Waals surface area contributed by atoms with Crippen LogP contribution < -0.4 is 5.32 Å². The maximum atomic E-state index is 13.7. The van der Waals surface area contributed by atoms with E-state index in [-0.39, 0.29) is 6.04 Å². The summed E-state index contributed by atoms with van der Waals surface area (Å²) in [4.78, 5) is 4.28. The normalized spacial score (nSPS) is 12.6. The van der Waals surface area contributed by atoms with Crippen LogP contribution in [0.25, 0.3) is 0 Å². The lowest BCUT2D eigenvalue weighted by Crippen LogP contribution is -2.26. The Morgan fingerprint density at radius 3 is 2.74 bits per heavy atom. The van der Waals surface area contributed by atoms with Crippen molar-refractivity contribution >= 4 is 0 Å². The number of halogens is 2. The highest BCUT2D eigenvalue weighted by Gasteiger charge is 2.17. The first-order chi connectivity index (χ1) is 9.11. The number of benzene rings is 1. The molecule has 5 heteroatoms. The first-order valence-corrected chi connectivity index (χ1v) is 6.26. The van der Waals surface area contributed by atoms with Crippen molar-refractivity contribution in [2.75, 3.05) is 6.54 Å². The Morgan fingerprint density at radius 2 is 2.16 bits per heavy atom. The number of rotatable bonds is 5. The molecule has 1 atom stereocenters. The standard InChI is InChI=1S/C14H17F2N3/c1-3-17-13(14-18-6-7-19(14)2)8-10-4-5-11(15)9-12(10)16/h4-7,9,13,17H,3,8H2,1-2H3. The second kappa shape index (κ2) is 5.93. The molecule has 0 fully saturated rings. The average Bonchev–Trinajstić information content (AvgIpc) is 2.78. The van der Waals surface area contributed by atoms with Gasteiger partial charge in [-0.1, -0.05) is 13.0 Å². The highest BCUT2D eigenvalue weighted by molar-refractivity contribution is 5.21. The zero-order chi connectivity index (χ0) is 13.8. The molecule has 0 radical (unpaired) electrons. The van der Waals surface area contributed by atoms with Crippen molar-refractivity contribution in [2.24, 2.45) is 7.05 Å². The minimum Gasteiger partial charge on any atom is -0.337 e. The van der Waals surface area contributed by atoms with Crippen molar-refractivity contribution in [3.05, 3.63) is 53.6 Å². The number of nitrogens with one attached hydrogen (secondary N) is 1. The molecule has 0 aliphatic carbocycles. The van der Waals surface area contributed by atoms with E-state index in [0.29, 0.717) is 12.0 Å². The summed E-state index contributed by atoms with van der Waals surface area (Å²) in [5.74, 6) is -0.235. The molecule has 0 aliphatic heterocycles. The zero-order valence-corrected chi connectivity index (χ0v) is 11.0. The van der Waals surface area contributed by atoms with Crippen molar-refractivity contribution in [1.82, 2.24) is 14.9 Å². The van der Waals surface area contributed by atoms with Crippen LogP contribution in [0.15, 0.2) is 30.6 Å². The summed E-state index contributed by atoms with van der Waals surface area (Å²) in [5, 5.41) is 3.27. The van der Waals surface area contributed by atoms with Crippen molar-refractivity contribution in [1.29, 1.82) is 0 Å². The first kappa shape index (κ1) is 13.7. The van der Waals surface area contributed by atoms with Crippen LogP contribution in [0.1, 0.15) is 24.4 Å². The Hall–Kier alpha value is -1.75. The lowest BCUT2D eigenvalue weighted by atomic mass is 10.0. The lowest BCUT2D eigenvalue weighted by molar-refractivity contribution is 0.490. The van der Waals surface area contributed by atoms with Crippen LogP contribution in [0.4, 0.5) is 8.78 Å². The molecule has 0 bridgehead atoms. The van der Waals surface area contributed by atoms with Crippen molar-refractivity contribution in [2.45, 2.75) is 19.4 Å². The number of likely N-dealkylation sites (N-methyl/N-ethyl adjacent to an activating group) is 1. The summed E-state index contributed by atoms with van der Waals surface area (Å²) in [7, 11) is 1.90. The van der Waals surface area contributed by atoms with Gasteiger partial charge in [-0.15, -0.1) is 0 Å². The molecule has 3 nitrogen and oxygen atoms in total. The molecule has 0 saturated heterocycles. The van der Waals surface area contributed by atoms with Gasteiger partial charge < -0.3 is 9.88 Å². The third-order valence-corrected chi connectivity index (χ3v) is 3.06. The number of hydrogen-bond donors (Lipinski definition) is 1. The highest BCUT2D eigenvalue weighted by Crippen LogP contribution is 2.19. The van der Waals surface area contributed by atoms with E-state index in [1.807, 2.05) is 24.7 Å². The van der Waals surface area contributed by atoms with Gasteiger partial charge in [0.15, 0.2) is 0 Å². The summed E-state index contributed by atoms with van der Waals surface area (Å²) in [5.41, 5.74) is 0.482. The maximum absolute atomic E-state index is 13.7. The molecule has 2 rings (SSSR count). The SMILES string of the molecule is CCNC(Cc1ccc(F)cc1F)c1nccn1C. The molecule has 0 saturated carbocycles. The molecule has 0 aliphatic rings. The fourth-order valence-corrected chi connectivity index (χ4v) is 2.12. The number of aromatic nitrogens is 2. The van der Waals surface area contributed by atoms with Gasteiger partial charge in [0.1, 0.15) is 17.5 Å². The Morgan fingerprint density at radius 1 is 1.37 bits per heavy atom. The fourth-order valence-electron chi connectivity index (χ4n) is 2.12. The zero-order valence-electron chi connectivity index (χ0n) is 11.0. The molecule has 19 heavy (non-hydrogen) atoms. The topological polar surface area (TPSA) is 29.9 Å². The molecule has 1 heterocycles. The van der Waals surface area contributed by atoms with E-state index in [0.717, 1.165) is 18.4 Å². The van der Waals surface area contributed by atoms with Gasteiger partial charge >= 0.3 is 0 Å². The van der Waals surface area contributed by atoms with Crippen molar-refractivity contribution < 1.29 is 8.78 Å². The van der Waals surface area contributed by atoms with Crippen LogP contribution >= 0.6 is 0 Å². The minimum absolute atomic E-state index is 0.0926. The van der Waals surface area contributed by atoms with Crippen LogP contribution in [-0.2, 0) is 13.5 Å². The van der Waals surface area contributed by atoms with Gasteiger partial charge in [-0.05, 0) is 24.6 Å². The lowest BCUT2D eigenvalue weighted by Gasteiger charge is -2.18. The fraction of sp³-hybridized carbons (Fsp3) is 0.357. The number of hydrogen-bond acceptors (Lipinski definition) is 2. The van der Waals surface area contributed by atoms with Gasteiger partial charge in [-0.2, -0.15) is 0 Å². The summed E-state index contributed by atoms with van der Waals surface area (Å²) in [6, 6.07) is 3.58. The van der Waals surface area contributed by atoms with E-state index in [1.165, 1.54) is 12.1 Å². The highest BCUT2D eigenvalue weighted by atomic mass is 19.1. The summed E-state index contributed by atoms with van der Waals surface area (Å²) < 4.78 is 28.5. The molecule has 1 unspecified atom stereocenters. The predicted octanol–water partition coefficient (Wildman–Crippen LogP) is 2.59. The molecule has 1 N–H and O–H groups in total. The van der Waals surface area contributed by atoms with Crippen molar-refractivity contribution in [3.8, 4) is 0 Å². The second-order valence-electron chi connectivity index (χ2n) is 4.45. The van der Waals surface area contributed by atoms with Gasteiger partial charge in [0.05, 0.1) is 6.04 Å². The molecule has 2 aromatic rings. The minimum atomic E-state index is -0.557. The van der Waals surface area contributed by atoms with E-state index in [4.69, 9.17) is 0 Å². The van der Waals surface area contributed by atoms with E-state index in [1.54, 1.807) is 6.20 Å². The largest absolute Gasteiger partial charge is 0.337 e. The second-order valence-corrected chi connectivity index (χ2v) is 4.45. The smallest absolute Gasteiger partial charge is 0.129 e. The Balaban J connectivity index is 2.24. The Bertz CT molecular complexity index is 551. The summed E-state index contributed by atoms with van der Waals surface area (Å²) >= 11 is 0. The number of imidazole rings is 1. The van der Waals surface area contributed by atoms with Crippen LogP contribution in [0.2, 0.25) is 0 Å². The molecule has 1 aromatic heterocycles. The van der Waals surface area contributed by atoms with Gasteiger partial charge in [0.2, 0.25) is 0 Å². The first-order valence-electron chi connectivity index (χ1n) is 6.26. The van der Waals surface area contributed by atoms with E-state index in [9.17, 15) is 8.78 Å². The van der Waals surface area contributed by atoms with Gasteiger partial charge in [0, 0.05) is 25.5 Å². The number of aryl methyl sites for hydroxylation is 1. The van der Waals surface area contributed by atoms with Crippen LogP contribution in [0.5, 0.6) is 0 Å². The maximum Gasteiger partial charge on any atom is 0.129 e. The Labute approximate surface area is 111 Å². The third-order valence-electron chi connectivity index (χ3n) is 3.06. The van der Waals surface area contributed by atoms with Crippen LogP contribution in [0, 0.1) is 11.6 Å². The molecular formula is C14H17F2N3. The molecular weight excluding hydrogens is 248 g/mol. The number of nitrogens with zero attached hydrogens (tertiary/aromatic N) is 2. The van der Waals surface area contributed by atoms with Gasteiger partial charge in [0.25, 0.3) is 0 Å². The predicted molar refractivity (Wildman–Crippen MR) is 69.7 cm³/mol. The van der Waals surface area contributed by atoms with Crippen molar-refractivity contribution in [3.63, 3.8) is 0 Å². The molecule has 102 valence electrons. The molecule has 0 spiro atoms. The molecule has 1 aromatic carbocycles. The average molecular weight is 265 g/mol. The van der Waals surface area contributed by atoms with E-state index in [2.05, 4.69) is 10.3 Å².